The second-order valence-electron chi connectivity index (χ2n) is 6.92. The molecular formula is C17H30N4O4. The van der Waals surface area contributed by atoms with E-state index in [0.717, 1.165) is 24.4 Å². The van der Waals surface area contributed by atoms with Crippen LogP contribution in [0.25, 0.3) is 0 Å². The Morgan fingerprint density at radius 1 is 1.32 bits per heavy atom. The van der Waals surface area contributed by atoms with Crippen LogP contribution in [-0.2, 0) is 20.8 Å². The topological polar surface area (TPSA) is 94.5 Å². The lowest BCUT2D eigenvalue weighted by atomic mass is 10.2. The van der Waals surface area contributed by atoms with E-state index in [4.69, 9.17) is 9.47 Å². The molecule has 0 fully saturated rings. The van der Waals surface area contributed by atoms with E-state index in [2.05, 4.69) is 15.7 Å². The molecule has 25 heavy (non-hydrogen) atoms. The van der Waals surface area contributed by atoms with Gasteiger partial charge in [-0.2, -0.15) is 5.10 Å². The van der Waals surface area contributed by atoms with Crippen molar-refractivity contribution in [3.8, 4) is 0 Å². The molecule has 0 saturated heterocycles. The molecule has 0 aliphatic heterocycles. The summed E-state index contributed by atoms with van der Waals surface area (Å²) in [5.41, 5.74) is 1.51. The number of ether oxygens (including phenoxy) is 2. The molecule has 0 saturated carbocycles. The third-order valence-electron chi connectivity index (χ3n) is 3.38. The van der Waals surface area contributed by atoms with Gasteiger partial charge >= 0.3 is 12.1 Å². The van der Waals surface area contributed by atoms with E-state index in [1.54, 1.807) is 20.8 Å². The van der Waals surface area contributed by atoms with Crippen molar-refractivity contribution in [3.63, 3.8) is 0 Å². The summed E-state index contributed by atoms with van der Waals surface area (Å²) in [5, 5.41) is 10.1. The van der Waals surface area contributed by atoms with Gasteiger partial charge in [0.25, 0.3) is 0 Å². The van der Waals surface area contributed by atoms with Crippen LogP contribution in [-0.4, -0.2) is 53.7 Å². The highest BCUT2D eigenvalue weighted by Crippen LogP contribution is 2.06. The summed E-state index contributed by atoms with van der Waals surface area (Å²) in [6, 6.07) is 1.40. The van der Waals surface area contributed by atoms with Crippen molar-refractivity contribution in [1.82, 2.24) is 20.4 Å². The zero-order valence-corrected chi connectivity index (χ0v) is 16.0. The number of carbonyl (C=O) groups is 2. The summed E-state index contributed by atoms with van der Waals surface area (Å²) in [5.74, 6) is -0.429. The van der Waals surface area contributed by atoms with E-state index in [-0.39, 0.29) is 6.54 Å². The van der Waals surface area contributed by atoms with Gasteiger partial charge < -0.3 is 20.1 Å². The monoisotopic (exact) mass is 354 g/mol. The van der Waals surface area contributed by atoms with Crippen molar-refractivity contribution in [2.45, 2.75) is 59.2 Å². The van der Waals surface area contributed by atoms with Crippen molar-refractivity contribution in [2.75, 3.05) is 20.2 Å². The van der Waals surface area contributed by atoms with Crippen LogP contribution in [0.15, 0.2) is 6.07 Å². The minimum Gasteiger partial charge on any atom is -0.468 e. The van der Waals surface area contributed by atoms with Crippen molar-refractivity contribution in [3.05, 3.63) is 17.5 Å². The fourth-order valence-corrected chi connectivity index (χ4v) is 2.29. The highest BCUT2D eigenvalue weighted by atomic mass is 16.6. The summed E-state index contributed by atoms with van der Waals surface area (Å²) < 4.78 is 11.9. The molecule has 2 N–H and O–H groups in total. The van der Waals surface area contributed by atoms with E-state index < -0.39 is 23.7 Å². The number of hydrogen-bond donors (Lipinski definition) is 2. The first-order chi connectivity index (χ1) is 11.6. The normalized spacial score (nSPS) is 12.6. The Morgan fingerprint density at radius 2 is 2.00 bits per heavy atom. The van der Waals surface area contributed by atoms with Crippen LogP contribution < -0.4 is 10.6 Å². The molecular weight excluding hydrogens is 324 g/mol. The van der Waals surface area contributed by atoms with Crippen LogP contribution in [0.1, 0.15) is 38.6 Å². The first-order valence-electron chi connectivity index (χ1n) is 8.41. The van der Waals surface area contributed by atoms with Crippen molar-refractivity contribution in [2.24, 2.45) is 0 Å². The number of carbonyl (C=O) groups excluding carboxylic acids is 2. The lowest BCUT2D eigenvalue weighted by Crippen LogP contribution is -2.48. The SMILES string of the molecule is COC(=O)C(CNC(=O)OC(C)(C)C)NCCCn1nc(C)cc1C. The van der Waals surface area contributed by atoms with Gasteiger partial charge in [0.05, 0.1) is 12.8 Å². The Balaban J connectivity index is 2.41. The van der Waals surface area contributed by atoms with E-state index in [1.807, 2.05) is 24.6 Å². The number of esters is 1. The highest BCUT2D eigenvalue weighted by Gasteiger charge is 2.21. The minimum absolute atomic E-state index is 0.0987. The Bertz CT molecular complexity index is 578. The first kappa shape index (κ1) is 21.0. The Hall–Kier alpha value is -2.09. The van der Waals surface area contributed by atoms with Crippen molar-refractivity contribution >= 4 is 12.1 Å². The molecule has 0 aromatic carbocycles. The zero-order chi connectivity index (χ0) is 19.0. The summed E-state index contributed by atoms with van der Waals surface area (Å²) in [7, 11) is 1.32. The van der Waals surface area contributed by atoms with E-state index in [0.29, 0.717) is 6.54 Å². The van der Waals surface area contributed by atoms with Crippen LogP contribution in [0.4, 0.5) is 4.79 Å². The smallest absolute Gasteiger partial charge is 0.407 e. The van der Waals surface area contributed by atoms with Crippen LogP contribution in [0.3, 0.4) is 0 Å². The third kappa shape index (κ3) is 8.02. The van der Waals surface area contributed by atoms with Gasteiger partial charge in [-0.15, -0.1) is 0 Å². The number of nitrogens with one attached hydrogen (secondary N) is 2. The predicted octanol–water partition coefficient (Wildman–Crippen LogP) is 1.55. The second-order valence-corrected chi connectivity index (χ2v) is 6.92. The van der Waals surface area contributed by atoms with Gasteiger partial charge in [-0.1, -0.05) is 0 Å². The number of methoxy groups -OCH3 is 1. The van der Waals surface area contributed by atoms with Crippen molar-refractivity contribution in [1.29, 1.82) is 0 Å². The molecule has 8 nitrogen and oxygen atoms in total. The van der Waals surface area contributed by atoms with Gasteiger partial charge in [-0.3, -0.25) is 9.48 Å². The Morgan fingerprint density at radius 3 is 2.52 bits per heavy atom. The number of hydrogen-bond acceptors (Lipinski definition) is 6. The Labute approximate surface area is 149 Å². The molecule has 0 spiro atoms. The lowest BCUT2D eigenvalue weighted by Gasteiger charge is -2.21. The Kier molecular flexibility index (Phi) is 7.89. The van der Waals surface area contributed by atoms with Gasteiger partial charge in [0, 0.05) is 18.8 Å². The molecule has 1 amide bonds. The highest BCUT2D eigenvalue weighted by molar-refractivity contribution is 5.77. The molecule has 1 aromatic heterocycles. The third-order valence-corrected chi connectivity index (χ3v) is 3.38. The summed E-state index contributed by atoms with van der Waals surface area (Å²) >= 11 is 0. The molecule has 1 aromatic rings. The maximum atomic E-state index is 11.8. The van der Waals surface area contributed by atoms with Crippen LogP contribution >= 0.6 is 0 Å². The quantitative estimate of drug-likeness (QED) is 0.543. The minimum atomic E-state index is -0.627. The molecule has 0 radical (unpaired) electrons. The number of alkyl carbamates (subject to hydrolysis) is 1. The van der Waals surface area contributed by atoms with Gasteiger partial charge in [0.15, 0.2) is 0 Å². The fourth-order valence-electron chi connectivity index (χ4n) is 2.29. The van der Waals surface area contributed by atoms with Crippen LogP contribution in [0, 0.1) is 13.8 Å². The maximum absolute atomic E-state index is 11.8. The summed E-state index contributed by atoms with van der Waals surface area (Å²) in [4.78, 5) is 23.5. The van der Waals surface area contributed by atoms with E-state index in [1.165, 1.54) is 7.11 Å². The molecule has 8 heteroatoms. The first-order valence-corrected chi connectivity index (χ1v) is 8.41. The molecule has 0 aliphatic rings. The molecule has 1 atom stereocenters. The van der Waals surface area contributed by atoms with E-state index in [9.17, 15) is 9.59 Å². The van der Waals surface area contributed by atoms with Crippen LogP contribution in [0.2, 0.25) is 0 Å². The van der Waals surface area contributed by atoms with Gasteiger partial charge in [0.1, 0.15) is 11.6 Å². The van der Waals surface area contributed by atoms with Gasteiger partial charge in [-0.25, -0.2) is 4.79 Å². The van der Waals surface area contributed by atoms with E-state index >= 15 is 0 Å². The standard InChI is InChI=1S/C17H30N4O4/c1-12-10-13(2)21(20-12)9-7-8-18-14(15(22)24-6)11-19-16(23)25-17(3,4)5/h10,14,18H,7-9,11H2,1-6H3,(H,19,23). The number of amides is 1. The number of rotatable bonds is 8. The maximum Gasteiger partial charge on any atom is 0.407 e. The summed E-state index contributed by atoms with van der Waals surface area (Å²) in [6.45, 7) is 10.7. The largest absolute Gasteiger partial charge is 0.468 e. The second kappa shape index (κ2) is 9.41. The fraction of sp³-hybridized carbons (Fsp3) is 0.706. The number of nitrogens with zero attached hydrogens (tertiary/aromatic N) is 2. The molecule has 1 rings (SSSR count). The number of aryl methyl sites for hydroxylation is 3. The number of aromatic nitrogens is 2. The summed E-state index contributed by atoms with van der Waals surface area (Å²) in [6.07, 6.45) is 0.230. The van der Waals surface area contributed by atoms with Gasteiger partial charge in [0.2, 0.25) is 0 Å². The molecule has 1 unspecified atom stereocenters. The molecule has 0 aliphatic carbocycles. The zero-order valence-electron chi connectivity index (χ0n) is 16.0. The van der Waals surface area contributed by atoms with Crippen LogP contribution in [0.5, 0.6) is 0 Å². The molecule has 0 bridgehead atoms. The van der Waals surface area contributed by atoms with Crippen molar-refractivity contribution < 1.29 is 19.1 Å². The molecule has 142 valence electrons. The lowest BCUT2D eigenvalue weighted by molar-refractivity contribution is -0.142. The average Bonchev–Trinajstić information content (AvgIpc) is 2.81. The predicted molar refractivity (Wildman–Crippen MR) is 94.4 cm³/mol. The molecule has 1 heterocycles. The average molecular weight is 354 g/mol. The van der Waals surface area contributed by atoms with Gasteiger partial charge in [-0.05, 0) is 53.7 Å².